The summed E-state index contributed by atoms with van der Waals surface area (Å²) < 4.78 is 37.6. The second-order valence-corrected chi connectivity index (χ2v) is 10.7. The molecule has 2 aliphatic carbocycles. The Bertz CT molecular complexity index is 867. The fourth-order valence-corrected chi connectivity index (χ4v) is 5.24. The summed E-state index contributed by atoms with van der Waals surface area (Å²) in [5.41, 5.74) is 0. The zero-order valence-corrected chi connectivity index (χ0v) is 21.2. The van der Waals surface area contributed by atoms with E-state index in [1.165, 1.54) is 38.4 Å². The van der Waals surface area contributed by atoms with Crippen LogP contribution in [0.25, 0.3) is 0 Å². The fourth-order valence-electron chi connectivity index (χ4n) is 4.57. The van der Waals surface area contributed by atoms with Crippen LogP contribution in [0, 0.1) is 11.5 Å². The smallest absolute Gasteiger partial charge is 0.340 e. The lowest BCUT2D eigenvalue weighted by Crippen LogP contribution is -3.10. The summed E-state index contributed by atoms with van der Waals surface area (Å²) in [6.45, 7) is -1.01. The number of hydrogen-bond donors (Lipinski definition) is 2. The third-order valence-electron chi connectivity index (χ3n) is 6.57. The minimum absolute atomic E-state index is 0. The van der Waals surface area contributed by atoms with Crippen LogP contribution in [-0.2, 0) is 14.9 Å². The van der Waals surface area contributed by atoms with Gasteiger partial charge in [0.15, 0.2) is 6.73 Å². The van der Waals surface area contributed by atoms with Crippen LogP contribution in [0.3, 0.4) is 0 Å². The third-order valence-corrected chi connectivity index (χ3v) is 7.16. The van der Waals surface area contributed by atoms with Gasteiger partial charge >= 0.3 is 18.1 Å². The van der Waals surface area contributed by atoms with Crippen LogP contribution >= 0.6 is 0 Å². The van der Waals surface area contributed by atoms with Crippen molar-refractivity contribution in [1.29, 1.82) is 5.26 Å². The Balaban J connectivity index is -0.000000250. The number of nitriles is 1. The van der Waals surface area contributed by atoms with Crippen LogP contribution in [-0.4, -0.2) is 91.2 Å². The fraction of sp³-hybridized carbons (Fsp3) is 0.852. The van der Waals surface area contributed by atoms with E-state index in [-0.39, 0.29) is 44.6 Å². The van der Waals surface area contributed by atoms with Crippen molar-refractivity contribution in [3.63, 3.8) is 0 Å². The SMILES string of the molecule is C.C.C.C.C.C.C[NH+](C)C1CCCCC1.N#COCN1C(=O)N(CNC(=O)N(CS(=O)(=O)[O-])C2CCCCC2)C1=O. The van der Waals surface area contributed by atoms with Crippen LogP contribution in [0.2, 0.25) is 0 Å². The molecule has 3 rings (SSSR count). The highest BCUT2D eigenvalue weighted by atomic mass is 32.2. The van der Waals surface area contributed by atoms with E-state index in [1.807, 2.05) is 0 Å². The average molecular weight is 613 g/mol. The Morgan fingerprint density at radius 3 is 1.80 bits per heavy atom. The molecule has 246 valence electrons. The van der Waals surface area contributed by atoms with E-state index in [1.54, 1.807) is 4.90 Å². The summed E-state index contributed by atoms with van der Waals surface area (Å²) in [5.74, 6) is -0.979. The number of quaternary nitrogens is 1. The van der Waals surface area contributed by atoms with Gasteiger partial charge in [-0.15, -0.1) is 0 Å². The number of urea groups is 3. The van der Waals surface area contributed by atoms with Crippen LogP contribution in [0.5, 0.6) is 0 Å². The van der Waals surface area contributed by atoms with Gasteiger partial charge in [-0.3, -0.25) is 0 Å². The van der Waals surface area contributed by atoms with E-state index in [4.69, 9.17) is 5.26 Å². The van der Waals surface area contributed by atoms with E-state index in [0.717, 1.165) is 30.2 Å². The molecule has 0 atom stereocenters. The molecule has 0 aromatic heterocycles. The number of imide groups is 2. The van der Waals surface area contributed by atoms with Gasteiger partial charge in [-0.25, -0.2) is 32.6 Å². The van der Waals surface area contributed by atoms with E-state index < -0.39 is 53.5 Å². The number of hydrogen-bond acceptors (Lipinski definition) is 8. The van der Waals surface area contributed by atoms with E-state index in [0.29, 0.717) is 22.6 Å². The highest BCUT2D eigenvalue weighted by molar-refractivity contribution is 7.85. The van der Waals surface area contributed by atoms with Crippen LogP contribution in [0.4, 0.5) is 14.4 Å². The largest absolute Gasteiger partial charge is 0.747 e. The van der Waals surface area contributed by atoms with Crippen molar-refractivity contribution in [3.8, 4) is 6.26 Å². The van der Waals surface area contributed by atoms with E-state index in [2.05, 4.69) is 24.1 Å². The Morgan fingerprint density at radius 1 is 0.951 bits per heavy atom. The second kappa shape index (κ2) is 23.0. The highest BCUT2D eigenvalue weighted by Gasteiger charge is 2.44. The Labute approximate surface area is 250 Å². The molecule has 0 aromatic carbocycles. The molecule has 3 aliphatic rings. The molecule has 0 unspecified atom stereocenters. The molecule has 1 saturated heterocycles. The molecule has 1 aliphatic heterocycles. The molecule has 6 amide bonds. The van der Waals surface area contributed by atoms with Gasteiger partial charge in [-0.1, -0.05) is 70.2 Å². The predicted molar refractivity (Wildman–Crippen MR) is 163 cm³/mol. The molecular weight excluding hydrogens is 552 g/mol. The van der Waals surface area contributed by atoms with E-state index in [9.17, 15) is 27.4 Å². The minimum atomic E-state index is -4.68. The van der Waals surface area contributed by atoms with Crippen molar-refractivity contribution in [3.05, 3.63) is 0 Å². The maximum Gasteiger partial charge on any atom is 0.340 e. The molecule has 0 bridgehead atoms. The first kappa shape index (κ1) is 48.1. The zero-order valence-electron chi connectivity index (χ0n) is 20.4. The first-order valence-electron chi connectivity index (χ1n) is 12.0. The lowest BCUT2D eigenvalue weighted by molar-refractivity contribution is -0.887. The predicted octanol–water partition coefficient (Wildman–Crippen LogP) is 4.38. The number of nitrogens with zero attached hydrogens (tertiary/aromatic N) is 4. The first-order valence-corrected chi connectivity index (χ1v) is 13.5. The number of ether oxygens (including phenoxy) is 1. The van der Waals surface area contributed by atoms with Crippen LogP contribution < -0.4 is 10.2 Å². The summed E-state index contributed by atoms with van der Waals surface area (Å²) >= 11 is 0. The number of nitrogens with one attached hydrogen (secondary N) is 2. The number of rotatable bonds is 8. The summed E-state index contributed by atoms with van der Waals surface area (Å²) in [7, 11) is -0.129. The molecule has 3 fully saturated rings. The van der Waals surface area contributed by atoms with Gasteiger partial charge in [-0.2, -0.15) is 5.26 Å². The van der Waals surface area contributed by atoms with Crippen molar-refractivity contribution in [2.75, 3.05) is 33.4 Å². The van der Waals surface area contributed by atoms with Gasteiger partial charge in [0.05, 0.1) is 20.1 Å². The topological polar surface area (TPSA) is 168 Å². The van der Waals surface area contributed by atoms with Gasteiger partial charge < -0.3 is 24.4 Å². The monoisotopic (exact) mass is 612 g/mol. The normalized spacial score (nSPS) is 16.6. The lowest BCUT2D eigenvalue weighted by Gasteiger charge is -2.39. The quantitative estimate of drug-likeness (QED) is 0.301. The molecule has 41 heavy (non-hydrogen) atoms. The summed E-state index contributed by atoms with van der Waals surface area (Å²) in [5, 5.41) is 10.5. The number of carbonyl (C=O) groups excluding carboxylic acids is 3. The van der Waals surface area contributed by atoms with Gasteiger partial charge in [0.2, 0.25) is 0 Å². The highest BCUT2D eigenvalue weighted by Crippen LogP contribution is 2.23. The number of amides is 6. The molecule has 0 spiro atoms. The number of carbonyl (C=O) groups is 3. The Kier molecular flexibility index (Phi) is 27.0. The van der Waals surface area contributed by atoms with Crippen molar-refractivity contribution in [2.24, 2.45) is 0 Å². The molecule has 0 radical (unpaired) electrons. The second-order valence-electron chi connectivity index (χ2n) is 9.29. The van der Waals surface area contributed by atoms with Crippen molar-refractivity contribution in [2.45, 2.75) is 121 Å². The molecule has 1 heterocycles. The van der Waals surface area contributed by atoms with Crippen LogP contribution in [0.15, 0.2) is 0 Å². The van der Waals surface area contributed by atoms with E-state index >= 15 is 0 Å². The molecular formula is C27H60N6O7S. The maximum absolute atomic E-state index is 12.3. The van der Waals surface area contributed by atoms with Gasteiger partial charge in [-0.05, 0) is 38.5 Å². The standard InChI is InChI=1S/C13H19N5O7S.C8H17N.6CH4/c14-6-25-8-17-12(20)16(13(17)21)7-15-11(19)18(9-26(22,23)24)10-4-2-1-3-5-10;1-9(2)8-6-4-3-5-7-8;;;;;;/h10H,1-5,7-9H2,(H,15,19)(H,22,23,24);8H,3-7H2,1-2H3;6*1H4. The van der Waals surface area contributed by atoms with Crippen LogP contribution in [0.1, 0.15) is 109 Å². The molecule has 14 heteroatoms. The Hall–Kier alpha value is -2.63. The van der Waals surface area contributed by atoms with Crippen molar-refractivity contribution in [1.82, 2.24) is 20.0 Å². The summed E-state index contributed by atoms with van der Waals surface area (Å²) in [4.78, 5) is 39.7. The molecule has 13 nitrogen and oxygen atoms in total. The average Bonchev–Trinajstić information content (AvgIpc) is 2.83. The molecule has 0 aromatic rings. The summed E-state index contributed by atoms with van der Waals surface area (Å²) in [6, 6.07) is -1.81. The minimum Gasteiger partial charge on any atom is -0.747 e. The molecule has 2 N–H and O–H groups in total. The summed E-state index contributed by atoms with van der Waals surface area (Å²) in [6.07, 6.45) is 12.4. The van der Waals surface area contributed by atoms with Crippen molar-refractivity contribution >= 4 is 28.2 Å². The first-order chi connectivity index (χ1) is 16.5. The maximum atomic E-state index is 12.3. The Morgan fingerprint density at radius 2 is 1.41 bits per heavy atom. The van der Waals surface area contributed by atoms with Gasteiger partial charge in [0.25, 0.3) is 6.26 Å². The van der Waals surface area contributed by atoms with Gasteiger partial charge in [0.1, 0.15) is 22.7 Å². The lowest BCUT2D eigenvalue weighted by atomic mass is 9.95. The van der Waals surface area contributed by atoms with Crippen molar-refractivity contribution < 1.29 is 37.0 Å². The third kappa shape index (κ3) is 15.2. The molecule has 2 saturated carbocycles. The zero-order chi connectivity index (χ0) is 26.0. The van der Waals surface area contributed by atoms with Gasteiger partial charge in [0, 0.05) is 6.04 Å².